The van der Waals surface area contributed by atoms with Crippen molar-refractivity contribution in [3.63, 3.8) is 0 Å². The molecule has 1 atom stereocenters. The van der Waals surface area contributed by atoms with Crippen LogP contribution in [0, 0.1) is 11.2 Å². The van der Waals surface area contributed by atoms with Gasteiger partial charge in [-0.2, -0.15) is 4.98 Å². The zero-order valence-corrected chi connectivity index (χ0v) is 18.3. The molecule has 0 spiro atoms. The number of benzene rings is 1. The van der Waals surface area contributed by atoms with Gasteiger partial charge in [0.05, 0.1) is 0 Å². The molecule has 1 aliphatic heterocycles. The smallest absolute Gasteiger partial charge is 0.227 e. The Labute approximate surface area is 182 Å². The summed E-state index contributed by atoms with van der Waals surface area (Å²) in [6.07, 6.45) is 1.31. The van der Waals surface area contributed by atoms with Crippen molar-refractivity contribution in [1.29, 1.82) is 0 Å². The molecule has 1 aromatic carbocycles. The lowest BCUT2D eigenvalue weighted by Crippen LogP contribution is -2.36. The molecule has 154 valence electrons. The highest BCUT2D eigenvalue weighted by atomic mass is 32.2. The molecule has 8 heteroatoms. The van der Waals surface area contributed by atoms with Crippen LogP contribution in [0.4, 0.5) is 10.3 Å². The molecule has 0 radical (unpaired) electrons. The number of halogens is 1. The van der Waals surface area contributed by atoms with Crippen LogP contribution in [-0.2, 0) is 10.5 Å². The van der Waals surface area contributed by atoms with E-state index in [0.29, 0.717) is 28.8 Å². The molecule has 5 nitrogen and oxygen atoms in total. The summed E-state index contributed by atoms with van der Waals surface area (Å²) in [5.41, 5.74) is 2.26. The molecule has 0 fully saturated rings. The van der Waals surface area contributed by atoms with Crippen LogP contribution in [0.2, 0.25) is 0 Å². The Morgan fingerprint density at radius 1 is 1.27 bits per heavy atom. The normalized spacial score (nSPS) is 20.0. The molecule has 3 heterocycles. The Morgan fingerprint density at radius 3 is 2.87 bits per heavy atom. The minimum Gasteiger partial charge on any atom is -0.328 e. The van der Waals surface area contributed by atoms with Crippen LogP contribution >= 0.6 is 23.1 Å². The SMILES string of the molecule is CC1(C)CC(=O)C2=C(C1)Nc1nc(SCc3ccccc3F)nn1C2c1cccs1. The number of thiophene rings is 1. The number of hydrogen-bond acceptors (Lipinski definition) is 6. The summed E-state index contributed by atoms with van der Waals surface area (Å²) < 4.78 is 15.8. The molecule has 1 N–H and O–H groups in total. The number of fused-ring (bicyclic) bond motifs is 1. The first-order valence-electron chi connectivity index (χ1n) is 9.81. The minimum atomic E-state index is -0.268. The molecule has 1 unspecified atom stereocenters. The molecule has 0 saturated carbocycles. The van der Waals surface area contributed by atoms with Crippen molar-refractivity contribution in [3.8, 4) is 0 Å². The minimum absolute atomic E-state index is 0.0898. The monoisotopic (exact) mass is 440 g/mol. The molecule has 0 bridgehead atoms. The average molecular weight is 441 g/mol. The van der Waals surface area contributed by atoms with Crippen molar-refractivity contribution < 1.29 is 9.18 Å². The van der Waals surface area contributed by atoms with Crippen LogP contribution in [0.5, 0.6) is 0 Å². The number of thioether (sulfide) groups is 1. The fourth-order valence-electron chi connectivity index (χ4n) is 4.12. The molecule has 0 amide bonds. The summed E-state index contributed by atoms with van der Waals surface area (Å²) in [4.78, 5) is 18.8. The fourth-order valence-corrected chi connectivity index (χ4v) is 5.75. The number of aromatic nitrogens is 3. The van der Waals surface area contributed by atoms with Crippen LogP contribution in [-0.4, -0.2) is 20.5 Å². The molecule has 3 aromatic rings. The van der Waals surface area contributed by atoms with Crippen LogP contribution < -0.4 is 5.32 Å². The summed E-state index contributed by atoms with van der Waals surface area (Å²) >= 11 is 3.00. The molecule has 5 rings (SSSR count). The van der Waals surface area contributed by atoms with Crippen LogP contribution in [0.25, 0.3) is 0 Å². The first-order chi connectivity index (χ1) is 14.4. The van der Waals surface area contributed by atoms with Gasteiger partial charge in [0, 0.05) is 28.3 Å². The third-order valence-corrected chi connectivity index (χ3v) is 7.25. The number of carbonyl (C=O) groups excluding carboxylic acids is 1. The van der Waals surface area contributed by atoms with Gasteiger partial charge in [0.15, 0.2) is 5.78 Å². The van der Waals surface area contributed by atoms with Crippen LogP contribution in [0.3, 0.4) is 0 Å². The average Bonchev–Trinajstić information content (AvgIpc) is 3.34. The number of nitrogens with one attached hydrogen (secondary N) is 1. The van der Waals surface area contributed by atoms with Crippen molar-refractivity contribution in [2.45, 2.75) is 43.6 Å². The Morgan fingerprint density at radius 2 is 2.10 bits per heavy atom. The maximum atomic E-state index is 14.0. The van der Waals surface area contributed by atoms with Crippen molar-refractivity contribution in [2.75, 3.05) is 5.32 Å². The van der Waals surface area contributed by atoms with E-state index in [-0.39, 0.29) is 23.1 Å². The van der Waals surface area contributed by atoms with Gasteiger partial charge in [-0.05, 0) is 34.9 Å². The second kappa shape index (κ2) is 7.35. The van der Waals surface area contributed by atoms with E-state index >= 15 is 0 Å². The molecular formula is C22H21FN4OS2. The number of anilines is 1. The maximum absolute atomic E-state index is 14.0. The predicted octanol–water partition coefficient (Wildman–Crippen LogP) is 5.43. The lowest BCUT2D eigenvalue weighted by Gasteiger charge is -2.37. The van der Waals surface area contributed by atoms with Crippen LogP contribution in [0.1, 0.15) is 43.2 Å². The summed E-state index contributed by atoms with van der Waals surface area (Å²) in [6, 6.07) is 10.5. The Balaban J connectivity index is 1.51. The van der Waals surface area contributed by atoms with Gasteiger partial charge in [-0.1, -0.05) is 49.9 Å². The quantitative estimate of drug-likeness (QED) is 0.548. The number of carbonyl (C=O) groups is 1. The molecule has 2 aliphatic rings. The van der Waals surface area contributed by atoms with Crippen molar-refractivity contribution in [1.82, 2.24) is 14.8 Å². The highest BCUT2D eigenvalue weighted by Gasteiger charge is 2.42. The highest BCUT2D eigenvalue weighted by Crippen LogP contribution is 2.46. The first kappa shape index (κ1) is 19.5. The van der Waals surface area contributed by atoms with Gasteiger partial charge in [0.2, 0.25) is 11.1 Å². The Hall–Kier alpha value is -2.45. The maximum Gasteiger partial charge on any atom is 0.227 e. The highest BCUT2D eigenvalue weighted by molar-refractivity contribution is 7.98. The number of hydrogen-bond donors (Lipinski definition) is 1. The van der Waals surface area contributed by atoms with E-state index in [4.69, 9.17) is 5.10 Å². The fraction of sp³-hybridized carbons (Fsp3) is 0.318. The number of rotatable bonds is 4. The number of nitrogens with zero attached hydrogens (tertiary/aromatic N) is 3. The zero-order valence-electron chi connectivity index (χ0n) is 16.7. The van der Waals surface area contributed by atoms with E-state index in [0.717, 1.165) is 22.6 Å². The van der Waals surface area contributed by atoms with Gasteiger partial charge in [-0.25, -0.2) is 9.07 Å². The lowest BCUT2D eigenvalue weighted by atomic mass is 9.73. The summed E-state index contributed by atoms with van der Waals surface area (Å²) in [6.45, 7) is 4.23. The predicted molar refractivity (Wildman–Crippen MR) is 117 cm³/mol. The van der Waals surface area contributed by atoms with Crippen molar-refractivity contribution >= 4 is 34.8 Å². The Kier molecular flexibility index (Phi) is 4.78. The largest absolute Gasteiger partial charge is 0.328 e. The van der Waals surface area contributed by atoms with E-state index in [1.807, 2.05) is 28.3 Å². The zero-order chi connectivity index (χ0) is 20.9. The van der Waals surface area contributed by atoms with Crippen molar-refractivity contribution in [2.24, 2.45) is 5.41 Å². The summed E-state index contributed by atoms with van der Waals surface area (Å²) in [7, 11) is 0. The number of Topliss-reactive ketones (excluding diaryl/α,β-unsaturated/α-hetero) is 1. The van der Waals surface area contributed by atoms with Gasteiger partial charge in [-0.15, -0.1) is 16.4 Å². The second-order valence-corrected chi connectivity index (χ2v) is 10.3. The number of ketones is 1. The van der Waals surface area contributed by atoms with Gasteiger partial charge in [0.1, 0.15) is 11.9 Å². The molecule has 2 aromatic heterocycles. The van der Waals surface area contributed by atoms with Gasteiger partial charge in [-0.3, -0.25) is 4.79 Å². The standard InChI is InChI=1S/C22H21FN4OS2/c1-22(2)10-15-18(16(28)11-22)19(17-8-5-9-29-17)27-20(24-15)25-21(26-27)30-12-13-6-3-4-7-14(13)23/h3-9,19H,10-12H2,1-2H3,(H,24,25,26). The molecule has 0 saturated heterocycles. The van der Waals surface area contributed by atoms with E-state index in [2.05, 4.69) is 24.1 Å². The lowest BCUT2D eigenvalue weighted by molar-refractivity contribution is -0.118. The van der Waals surface area contributed by atoms with E-state index in [1.54, 1.807) is 23.5 Å². The molecular weight excluding hydrogens is 419 g/mol. The van der Waals surface area contributed by atoms with E-state index < -0.39 is 0 Å². The second-order valence-electron chi connectivity index (χ2n) is 8.42. The summed E-state index contributed by atoms with van der Waals surface area (Å²) in [5, 5.41) is 10.6. The van der Waals surface area contributed by atoms with Crippen molar-refractivity contribution in [3.05, 3.63) is 69.3 Å². The number of allylic oxidation sites excluding steroid dienone is 2. The first-order valence-corrected chi connectivity index (χ1v) is 11.7. The van der Waals surface area contributed by atoms with E-state index in [1.165, 1.54) is 17.8 Å². The molecule has 30 heavy (non-hydrogen) atoms. The third-order valence-electron chi connectivity index (χ3n) is 5.44. The van der Waals surface area contributed by atoms with Crippen LogP contribution in [0.15, 0.2) is 58.2 Å². The van der Waals surface area contributed by atoms with Gasteiger partial charge >= 0.3 is 0 Å². The third kappa shape index (κ3) is 3.48. The summed E-state index contributed by atoms with van der Waals surface area (Å²) in [5.74, 6) is 1.01. The van der Waals surface area contributed by atoms with Gasteiger partial charge < -0.3 is 5.32 Å². The van der Waals surface area contributed by atoms with E-state index in [9.17, 15) is 9.18 Å². The van der Waals surface area contributed by atoms with Gasteiger partial charge in [0.25, 0.3) is 0 Å². The molecule has 1 aliphatic carbocycles. The topological polar surface area (TPSA) is 59.8 Å². The Bertz CT molecular complexity index is 1150.